The second-order valence-electron chi connectivity index (χ2n) is 8.65. The molecule has 2 aromatic carbocycles. The number of rotatable bonds is 9. The van der Waals surface area contributed by atoms with Crippen LogP contribution in [0, 0.1) is 0 Å². The second kappa shape index (κ2) is 11.7. The Kier molecular flexibility index (Phi) is 8.46. The maximum Gasteiger partial charge on any atom is 0.239 e. The summed E-state index contributed by atoms with van der Waals surface area (Å²) < 4.78 is 44.0. The van der Waals surface area contributed by atoms with Gasteiger partial charge in [-0.25, -0.2) is 0 Å². The van der Waals surface area contributed by atoms with Gasteiger partial charge in [0.2, 0.25) is 23.2 Å². The SMILES string of the molecule is COc1cc(O[C@@H]2O[C@H](CO)[C@@H](O)[C@H](O)[C@H]2O)c(-c2oc3cc(OC)c(OC)c(O)c3c(=O)c2OC)cc1OC. The van der Waals surface area contributed by atoms with E-state index in [4.69, 9.17) is 37.6 Å². The molecule has 1 fully saturated rings. The van der Waals surface area contributed by atoms with Crippen molar-refractivity contribution < 1.29 is 63.1 Å². The van der Waals surface area contributed by atoms with Gasteiger partial charge in [0.05, 0.1) is 47.7 Å². The molecule has 14 nitrogen and oxygen atoms in total. The van der Waals surface area contributed by atoms with Crippen molar-refractivity contribution in [1.82, 2.24) is 0 Å². The molecule has 0 bridgehead atoms. The Morgan fingerprint density at radius 2 is 1.40 bits per heavy atom. The van der Waals surface area contributed by atoms with E-state index >= 15 is 0 Å². The van der Waals surface area contributed by atoms with Crippen molar-refractivity contribution in [2.45, 2.75) is 30.7 Å². The number of phenols is 1. The lowest BCUT2D eigenvalue weighted by molar-refractivity contribution is -0.277. The maximum absolute atomic E-state index is 13.5. The zero-order valence-electron chi connectivity index (χ0n) is 22.2. The van der Waals surface area contributed by atoms with E-state index in [0.717, 1.165) is 0 Å². The first-order valence-electron chi connectivity index (χ1n) is 11.9. The lowest BCUT2D eigenvalue weighted by Crippen LogP contribution is -2.60. The maximum atomic E-state index is 13.5. The van der Waals surface area contributed by atoms with Crippen LogP contribution in [0.5, 0.6) is 40.2 Å². The minimum atomic E-state index is -1.74. The first-order valence-corrected chi connectivity index (χ1v) is 11.9. The molecule has 3 aromatic rings. The summed E-state index contributed by atoms with van der Waals surface area (Å²) in [7, 11) is 6.60. The number of aliphatic hydroxyl groups is 4. The summed E-state index contributed by atoms with van der Waals surface area (Å²) >= 11 is 0. The van der Waals surface area contributed by atoms with Gasteiger partial charge in [-0.1, -0.05) is 0 Å². The molecule has 4 rings (SSSR count). The number of methoxy groups -OCH3 is 5. The fourth-order valence-electron chi connectivity index (χ4n) is 4.41. The van der Waals surface area contributed by atoms with Gasteiger partial charge in [0.1, 0.15) is 41.1 Å². The average Bonchev–Trinajstić information content (AvgIpc) is 2.96. The molecule has 0 radical (unpaired) electrons. The molecule has 1 aliphatic heterocycles. The molecule has 0 amide bonds. The molecule has 40 heavy (non-hydrogen) atoms. The number of aromatic hydroxyl groups is 1. The monoisotopic (exact) mass is 566 g/mol. The minimum Gasteiger partial charge on any atom is -0.504 e. The first-order chi connectivity index (χ1) is 19.1. The number of ether oxygens (including phenoxy) is 7. The number of hydrogen-bond donors (Lipinski definition) is 5. The zero-order valence-corrected chi connectivity index (χ0v) is 22.2. The molecule has 5 atom stereocenters. The molecule has 0 aliphatic carbocycles. The van der Waals surface area contributed by atoms with Crippen LogP contribution in [0.2, 0.25) is 0 Å². The summed E-state index contributed by atoms with van der Waals surface area (Å²) in [5, 5.41) is 51.0. The normalized spacial score (nSPS) is 22.6. The molecule has 218 valence electrons. The van der Waals surface area contributed by atoms with Crippen molar-refractivity contribution in [3.8, 4) is 51.6 Å². The Morgan fingerprint density at radius 3 is 1.98 bits per heavy atom. The lowest BCUT2D eigenvalue weighted by atomic mass is 9.99. The van der Waals surface area contributed by atoms with E-state index in [1.165, 1.54) is 53.7 Å². The van der Waals surface area contributed by atoms with Crippen molar-refractivity contribution in [2.75, 3.05) is 42.2 Å². The molecule has 2 heterocycles. The highest BCUT2D eigenvalue weighted by molar-refractivity contribution is 5.92. The largest absolute Gasteiger partial charge is 0.504 e. The molecule has 0 unspecified atom stereocenters. The highest BCUT2D eigenvalue weighted by atomic mass is 16.7. The summed E-state index contributed by atoms with van der Waals surface area (Å²) in [4.78, 5) is 13.5. The fraction of sp³-hybridized carbons (Fsp3) is 0.423. The van der Waals surface area contributed by atoms with Crippen molar-refractivity contribution in [2.24, 2.45) is 0 Å². The van der Waals surface area contributed by atoms with Crippen LogP contribution in [0.25, 0.3) is 22.3 Å². The van der Waals surface area contributed by atoms with Crippen LogP contribution in [-0.4, -0.2) is 98.4 Å². The van der Waals surface area contributed by atoms with Gasteiger partial charge in [-0.05, 0) is 6.07 Å². The molecule has 5 N–H and O–H groups in total. The summed E-state index contributed by atoms with van der Waals surface area (Å²) in [6, 6.07) is 4.11. The molecule has 1 aliphatic rings. The molecular formula is C26H30O14. The topological polar surface area (TPSA) is 196 Å². The third-order valence-corrected chi connectivity index (χ3v) is 6.49. The van der Waals surface area contributed by atoms with Crippen molar-refractivity contribution in [3.05, 3.63) is 28.4 Å². The van der Waals surface area contributed by atoms with Crippen LogP contribution >= 0.6 is 0 Å². The van der Waals surface area contributed by atoms with Crippen LogP contribution in [0.1, 0.15) is 0 Å². The van der Waals surface area contributed by atoms with E-state index in [2.05, 4.69) is 0 Å². The fourth-order valence-corrected chi connectivity index (χ4v) is 4.41. The number of aliphatic hydroxyl groups excluding tert-OH is 4. The third kappa shape index (κ3) is 4.80. The number of fused-ring (bicyclic) bond motifs is 1. The van der Waals surface area contributed by atoms with E-state index in [-0.39, 0.29) is 56.8 Å². The number of phenolic OH excluding ortho intramolecular Hbond substituents is 1. The third-order valence-electron chi connectivity index (χ3n) is 6.49. The van der Waals surface area contributed by atoms with Crippen LogP contribution in [-0.2, 0) is 4.74 Å². The second-order valence-corrected chi connectivity index (χ2v) is 8.65. The smallest absolute Gasteiger partial charge is 0.239 e. The first kappa shape index (κ1) is 29.0. The zero-order chi connectivity index (χ0) is 29.3. The quantitative estimate of drug-likeness (QED) is 0.238. The van der Waals surface area contributed by atoms with Crippen molar-refractivity contribution >= 4 is 11.0 Å². The van der Waals surface area contributed by atoms with Gasteiger partial charge < -0.3 is 63.1 Å². The molecule has 14 heteroatoms. The van der Waals surface area contributed by atoms with Gasteiger partial charge in [-0.2, -0.15) is 0 Å². The standard InChI is InChI=1S/C26H30O14/c1-33-12-6-10(11(7-13(12)34-2)39-26-22(32)21(31)18(28)16(9-27)40-26)23-25(37-5)20(30)17-14(38-23)8-15(35-3)24(36-4)19(17)29/h6-8,16,18,21-22,26-29,31-32H,9H2,1-5H3/t16-,18-,21+,22-,26-/m1/s1. The molecule has 1 aromatic heterocycles. The van der Waals surface area contributed by atoms with Crippen LogP contribution < -0.4 is 33.8 Å². The Hall–Kier alpha value is -3.95. The van der Waals surface area contributed by atoms with E-state index in [1.54, 1.807) is 0 Å². The highest BCUT2D eigenvalue weighted by Gasteiger charge is 2.45. The van der Waals surface area contributed by atoms with Gasteiger partial charge in [0.25, 0.3) is 0 Å². The Bertz CT molecular complexity index is 1430. The average molecular weight is 567 g/mol. The summed E-state index contributed by atoms with van der Waals surface area (Å²) in [5.74, 6) is -0.761. The number of benzene rings is 2. The van der Waals surface area contributed by atoms with E-state index in [0.29, 0.717) is 0 Å². The number of hydrogen-bond acceptors (Lipinski definition) is 14. The van der Waals surface area contributed by atoms with E-state index in [1.807, 2.05) is 0 Å². The Morgan fingerprint density at radius 1 is 0.775 bits per heavy atom. The van der Waals surface area contributed by atoms with Crippen molar-refractivity contribution in [3.63, 3.8) is 0 Å². The van der Waals surface area contributed by atoms with Crippen LogP contribution in [0.3, 0.4) is 0 Å². The highest BCUT2D eigenvalue weighted by Crippen LogP contribution is 2.47. The summed E-state index contributed by atoms with van der Waals surface area (Å²) in [6.07, 6.45) is -7.89. The predicted molar refractivity (Wildman–Crippen MR) is 137 cm³/mol. The van der Waals surface area contributed by atoms with Crippen LogP contribution in [0.4, 0.5) is 0 Å². The summed E-state index contributed by atoms with van der Waals surface area (Å²) in [5.41, 5.74) is -0.796. The van der Waals surface area contributed by atoms with Gasteiger partial charge in [-0.15, -0.1) is 0 Å². The predicted octanol–water partition coefficient (Wildman–Crippen LogP) is 0.387. The van der Waals surface area contributed by atoms with Gasteiger partial charge in [-0.3, -0.25) is 4.79 Å². The Labute approximate surface area is 227 Å². The van der Waals surface area contributed by atoms with Gasteiger partial charge >= 0.3 is 0 Å². The molecule has 0 spiro atoms. The van der Waals surface area contributed by atoms with Gasteiger partial charge in [0, 0.05) is 12.1 Å². The van der Waals surface area contributed by atoms with E-state index in [9.17, 15) is 30.3 Å². The summed E-state index contributed by atoms with van der Waals surface area (Å²) in [6.45, 7) is -0.675. The lowest BCUT2D eigenvalue weighted by Gasteiger charge is -2.39. The van der Waals surface area contributed by atoms with Crippen LogP contribution in [0.15, 0.2) is 27.4 Å². The van der Waals surface area contributed by atoms with Crippen molar-refractivity contribution in [1.29, 1.82) is 0 Å². The molecule has 0 saturated carbocycles. The molecule has 1 saturated heterocycles. The van der Waals surface area contributed by atoms with Gasteiger partial charge in [0.15, 0.2) is 28.8 Å². The Balaban J connectivity index is 1.97. The minimum absolute atomic E-state index is 0.0553. The van der Waals surface area contributed by atoms with E-state index < -0.39 is 48.5 Å². The molecular weight excluding hydrogens is 536 g/mol.